The zero-order chi connectivity index (χ0) is 14.7. The van der Waals surface area contributed by atoms with Crippen LogP contribution in [0.1, 0.15) is 27.7 Å². The fourth-order valence-electron chi connectivity index (χ4n) is 2.20. The Labute approximate surface area is 132 Å². The standard InChI is InChI=1S/C13H15BClNO2S2/c1-12(2)13(3,4)18-14(17-12)8-5-7(15)6-9-10(8)16-11(19)20-9/h5-6H,1-4H3,(H,16,19). The highest BCUT2D eigenvalue weighted by molar-refractivity contribution is 7.73. The molecule has 3 nitrogen and oxygen atoms in total. The van der Waals surface area contributed by atoms with E-state index in [2.05, 4.69) is 4.98 Å². The number of H-pyrrole nitrogens is 1. The Morgan fingerprint density at radius 1 is 1.20 bits per heavy atom. The Kier molecular flexibility index (Phi) is 3.31. The van der Waals surface area contributed by atoms with Gasteiger partial charge in [0.1, 0.15) is 0 Å². The minimum absolute atomic E-state index is 0.376. The van der Waals surface area contributed by atoms with Crippen LogP contribution in [-0.4, -0.2) is 23.3 Å². The van der Waals surface area contributed by atoms with E-state index in [-0.39, 0.29) is 11.2 Å². The largest absolute Gasteiger partial charge is 0.497 e. The number of hydrogen-bond acceptors (Lipinski definition) is 4. The van der Waals surface area contributed by atoms with Gasteiger partial charge in [-0.1, -0.05) is 11.6 Å². The fraction of sp³-hybridized carbons (Fsp3) is 0.462. The van der Waals surface area contributed by atoms with Crippen LogP contribution in [0.4, 0.5) is 0 Å². The molecule has 0 atom stereocenters. The molecule has 2 heterocycles. The molecule has 2 aromatic rings. The molecule has 20 heavy (non-hydrogen) atoms. The van der Waals surface area contributed by atoms with E-state index in [0.29, 0.717) is 5.02 Å². The van der Waals surface area contributed by atoms with E-state index in [9.17, 15) is 0 Å². The summed E-state index contributed by atoms with van der Waals surface area (Å²) in [5, 5.41) is 0.660. The Balaban J connectivity index is 2.14. The molecule has 7 heteroatoms. The number of aromatic nitrogens is 1. The van der Waals surface area contributed by atoms with Crippen molar-refractivity contribution in [2.24, 2.45) is 0 Å². The van der Waals surface area contributed by atoms with Gasteiger partial charge in [0, 0.05) is 10.5 Å². The molecular formula is C13H15BClNO2S2. The quantitative estimate of drug-likeness (QED) is 0.637. The molecule has 1 aromatic heterocycles. The number of aromatic amines is 1. The molecule has 0 amide bonds. The van der Waals surface area contributed by atoms with E-state index < -0.39 is 7.12 Å². The summed E-state index contributed by atoms with van der Waals surface area (Å²) in [5.74, 6) is 0. The van der Waals surface area contributed by atoms with Crippen molar-refractivity contribution in [3.05, 3.63) is 21.1 Å². The van der Waals surface area contributed by atoms with E-state index in [0.717, 1.165) is 19.6 Å². The summed E-state index contributed by atoms with van der Waals surface area (Å²) in [6.45, 7) is 8.13. The topological polar surface area (TPSA) is 34.2 Å². The van der Waals surface area contributed by atoms with Crippen molar-refractivity contribution in [1.29, 1.82) is 0 Å². The molecule has 0 radical (unpaired) electrons. The molecule has 0 saturated carbocycles. The summed E-state index contributed by atoms with van der Waals surface area (Å²) in [6, 6.07) is 3.78. The smallest absolute Gasteiger partial charge is 0.399 e. The van der Waals surface area contributed by atoms with Crippen LogP contribution in [0.3, 0.4) is 0 Å². The average molecular weight is 328 g/mol. The number of halogens is 1. The second kappa shape index (κ2) is 4.55. The third kappa shape index (κ3) is 2.23. The highest BCUT2D eigenvalue weighted by atomic mass is 35.5. The lowest BCUT2D eigenvalue weighted by atomic mass is 9.78. The Morgan fingerprint density at radius 2 is 1.80 bits per heavy atom. The van der Waals surface area contributed by atoms with Crippen LogP contribution in [0, 0.1) is 3.95 Å². The molecular weight excluding hydrogens is 313 g/mol. The molecule has 1 aromatic carbocycles. The van der Waals surface area contributed by atoms with Crippen LogP contribution in [0.2, 0.25) is 5.02 Å². The molecule has 1 saturated heterocycles. The van der Waals surface area contributed by atoms with E-state index >= 15 is 0 Å². The zero-order valence-electron chi connectivity index (χ0n) is 11.7. The van der Waals surface area contributed by atoms with Crippen molar-refractivity contribution in [3.8, 4) is 0 Å². The van der Waals surface area contributed by atoms with Gasteiger partial charge in [-0.05, 0) is 52.0 Å². The molecule has 106 valence electrons. The van der Waals surface area contributed by atoms with Crippen LogP contribution in [0.15, 0.2) is 12.1 Å². The third-order valence-corrected chi connectivity index (χ3v) is 5.43. The molecule has 0 unspecified atom stereocenters. The summed E-state index contributed by atoms with van der Waals surface area (Å²) in [7, 11) is -0.443. The number of hydrogen-bond donors (Lipinski definition) is 1. The lowest BCUT2D eigenvalue weighted by Gasteiger charge is -2.32. The summed E-state index contributed by atoms with van der Waals surface area (Å²) in [6.07, 6.45) is 0. The first kappa shape index (κ1) is 14.5. The van der Waals surface area contributed by atoms with Gasteiger partial charge < -0.3 is 14.3 Å². The van der Waals surface area contributed by atoms with Gasteiger partial charge in [0.15, 0.2) is 3.95 Å². The van der Waals surface area contributed by atoms with Crippen molar-refractivity contribution < 1.29 is 9.31 Å². The normalized spacial score (nSPS) is 20.8. The number of thiazole rings is 1. The van der Waals surface area contributed by atoms with Crippen molar-refractivity contribution >= 4 is 58.0 Å². The van der Waals surface area contributed by atoms with Crippen molar-refractivity contribution in [2.45, 2.75) is 38.9 Å². The third-order valence-electron chi connectivity index (χ3n) is 4.03. The van der Waals surface area contributed by atoms with Gasteiger partial charge in [0.2, 0.25) is 0 Å². The highest BCUT2D eigenvalue weighted by Gasteiger charge is 2.52. The Bertz CT molecular complexity index is 722. The molecule has 1 N–H and O–H groups in total. The summed E-state index contributed by atoms with van der Waals surface area (Å²) in [5.41, 5.74) is 1.10. The summed E-state index contributed by atoms with van der Waals surface area (Å²) in [4.78, 5) is 3.20. The van der Waals surface area contributed by atoms with Gasteiger partial charge in [-0.3, -0.25) is 0 Å². The zero-order valence-corrected chi connectivity index (χ0v) is 14.1. The van der Waals surface area contributed by atoms with Gasteiger partial charge in [0.25, 0.3) is 0 Å². The maximum Gasteiger partial charge on any atom is 0.497 e. The number of nitrogens with one attached hydrogen (secondary N) is 1. The van der Waals surface area contributed by atoms with E-state index in [1.807, 2.05) is 39.8 Å². The predicted molar refractivity (Wildman–Crippen MR) is 87.7 cm³/mol. The lowest BCUT2D eigenvalue weighted by molar-refractivity contribution is 0.00578. The molecule has 0 bridgehead atoms. The first-order valence-electron chi connectivity index (χ1n) is 6.37. The number of rotatable bonds is 1. The number of benzene rings is 1. The average Bonchev–Trinajstić information content (AvgIpc) is 2.75. The molecule has 1 aliphatic heterocycles. The Hall–Kier alpha value is -0.395. The van der Waals surface area contributed by atoms with E-state index in [1.165, 1.54) is 11.3 Å². The second-order valence-corrected chi connectivity index (χ2v) is 8.13. The first-order valence-corrected chi connectivity index (χ1v) is 7.98. The van der Waals surface area contributed by atoms with Gasteiger partial charge in [-0.2, -0.15) is 0 Å². The molecule has 0 spiro atoms. The van der Waals surface area contributed by atoms with Crippen LogP contribution in [-0.2, 0) is 9.31 Å². The molecule has 0 aliphatic carbocycles. The molecule has 3 rings (SSSR count). The maximum atomic E-state index is 6.20. The maximum absolute atomic E-state index is 6.20. The van der Waals surface area contributed by atoms with Crippen LogP contribution in [0.25, 0.3) is 10.2 Å². The van der Waals surface area contributed by atoms with Gasteiger partial charge in [0.05, 0.1) is 21.4 Å². The first-order chi connectivity index (χ1) is 9.19. The van der Waals surface area contributed by atoms with Crippen molar-refractivity contribution in [3.63, 3.8) is 0 Å². The minimum atomic E-state index is -0.443. The molecule has 1 aliphatic rings. The summed E-state index contributed by atoms with van der Waals surface area (Å²) < 4.78 is 13.9. The fourth-order valence-corrected chi connectivity index (χ4v) is 3.67. The molecule has 1 fully saturated rings. The van der Waals surface area contributed by atoms with Gasteiger partial charge >= 0.3 is 7.12 Å². The number of fused-ring (bicyclic) bond motifs is 1. The van der Waals surface area contributed by atoms with E-state index in [4.69, 9.17) is 33.1 Å². The summed E-state index contributed by atoms with van der Waals surface area (Å²) >= 11 is 12.9. The van der Waals surface area contributed by atoms with Gasteiger partial charge in [-0.15, -0.1) is 11.3 Å². The SMILES string of the molecule is CC1(C)OB(c2cc(Cl)cc3sc(=S)[nH]c23)OC1(C)C. The Morgan fingerprint density at radius 3 is 2.40 bits per heavy atom. The van der Waals surface area contributed by atoms with Crippen LogP contribution < -0.4 is 5.46 Å². The minimum Gasteiger partial charge on any atom is -0.399 e. The van der Waals surface area contributed by atoms with Crippen molar-refractivity contribution in [2.75, 3.05) is 0 Å². The predicted octanol–water partition coefficient (Wildman–Crippen LogP) is 3.91. The van der Waals surface area contributed by atoms with Crippen molar-refractivity contribution in [1.82, 2.24) is 4.98 Å². The second-order valence-electron chi connectivity index (χ2n) is 5.97. The highest BCUT2D eigenvalue weighted by Crippen LogP contribution is 2.37. The van der Waals surface area contributed by atoms with Gasteiger partial charge in [-0.25, -0.2) is 0 Å². The van der Waals surface area contributed by atoms with E-state index in [1.54, 1.807) is 0 Å². The van der Waals surface area contributed by atoms with Crippen LogP contribution >= 0.6 is 35.2 Å². The lowest BCUT2D eigenvalue weighted by Crippen LogP contribution is -2.41. The van der Waals surface area contributed by atoms with Crippen LogP contribution in [0.5, 0.6) is 0 Å². The monoisotopic (exact) mass is 327 g/mol.